The van der Waals surface area contributed by atoms with Crippen molar-refractivity contribution in [1.82, 2.24) is 19.7 Å². The number of carbonyl (C=O) groups excluding carboxylic acids is 1. The van der Waals surface area contributed by atoms with E-state index in [-0.39, 0.29) is 18.1 Å². The molecule has 1 amide bonds. The summed E-state index contributed by atoms with van der Waals surface area (Å²) >= 11 is 0. The minimum absolute atomic E-state index is 0.0345. The van der Waals surface area contributed by atoms with Gasteiger partial charge in [0.15, 0.2) is 5.82 Å². The van der Waals surface area contributed by atoms with Gasteiger partial charge in [-0.15, -0.1) is 10.2 Å². The molecule has 0 saturated heterocycles. The normalized spacial score (nSPS) is 14.5. The fourth-order valence-corrected chi connectivity index (χ4v) is 3.71. The first kappa shape index (κ1) is 19.3. The van der Waals surface area contributed by atoms with Gasteiger partial charge >= 0.3 is 0 Å². The summed E-state index contributed by atoms with van der Waals surface area (Å²) < 4.78 is 15.9. The van der Waals surface area contributed by atoms with Crippen molar-refractivity contribution in [1.29, 1.82) is 0 Å². The lowest BCUT2D eigenvalue weighted by Crippen LogP contribution is -2.41. The van der Waals surface area contributed by atoms with Crippen LogP contribution in [0.2, 0.25) is 0 Å². The van der Waals surface area contributed by atoms with Crippen molar-refractivity contribution in [3.05, 3.63) is 83.2 Å². The van der Waals surface area contributed by atoms with Crippen LogP contribution < -0.4 is 5.73 Å². The van der Waals surface area contributed by atoms with Gasteiger partial charge in [-0.1, -0.05) is 48.5 Å². The second-order valence-corrected chi connectivity index (χ2v) is 7.42. The predicted molar refractivity (Wildman–Crippen MR) is 107 cm³/mol. The smallest absolute Gasteiger partial charge is 0.224 e. The number of rotatable bonds is 6. The molecule has 0 radical (unpaired) electrons. The lowest BCUT2D eigenvalue weighted by molar-refractivity contribution is -0.133. The monoisotopic (exact) mass is 393 g/mol. The Balaban J connectivity index is 1.36. The molecule has 2 heterocycles. The largest absolute Gasteiger partial charge is 0.333 e. The Kier molecular flexibility index (Phi) is 5.67. The zero-order valence-corrected chi connectivity index (χ0v) is 16.2. The van der Waals surface area contributed by atoms with Gasteiger partial charge in [0.2, 0.25) is 5.91 Å². The molecule has 3 aromatic rings. The number of amides is 1. The highest BCUT2D eigenvalue weighted by Gasteiger charge is 2.25. The van der Waals surface area contributed by atoms with Crippen LogP contribution in [0.5, 0.6) is 0 Å². The van der Waals surface area contributed by atoms with Crippen LogP contribution in [-0.4, -0.2) is 38.2 Å². The standard InChI is InChI=1S/C22H24FN5O/c23-19-9-5-4-8-17(19)13-18(24)14-22(29)27-10-11-28-20(25-26-21(28)15-27)12-16-6-2-1-3-7-16/h1-9,18H,10-15,24H2/t18-/m1/s1. The van der Waals surface area contributed by atoms with Crippen LogP contribution in [0.4, 0.5) is 4.39 Å². The van der Waals surface area contributed by atoms with Crippen LogP contribution in [0, 0.1) is 5.82 Å². The van der Waals surface area contributed by atoms with Crippen molar-refractivity contribution < 1.29 is 9.18 Å². The highest BCUT2D eigenvalue weighted by molar-refractivity contribution is 5.76. The second kappa shape index (κ2) is 8.53. The maximum atomic E-state index is 13.8. The summed E-state index contributed by atoms with van der Waals surface area (Å²) in [6.07, 6.45) is 1.23. The number of halogens is 1. The molecule has 29 heavy (non-hydrogen) atoms. The Morgan fingerprint density at radius 2 is 1.83 bits per heavy atom. The van der Waals surface area contributed by atoms with E-state index >= 15 is 0 Å². The molecule has 4 rings (SSSR count). The molecule has 1 aliphatic rings. The van der Waals surface area contributed by atoms with E-state index in [0.29, 0.717) is 31.6 Å². The highest BCUT2D eigenvalue weighted by Crippen LogP contribution is 2.17. The third-order valence-electron chi connectivity index (χ3n) is 5.26. The average molecular weight is 393 g/mol. The van der Waals surface area contributed by atoms with Gasteiger partial charge < -0.3 is 15.2 Å². The van der Waals surface area contributed by atoms with Crippen LogP contribution in [0.25, 0.3) is 0 Å². The molecular weight excluding hydrogens is 369 g/mol. The molecule has 2 N–H and O–H groups in total. The second-order valence-electron chi connectivity index (χ2n) is 7.42. The van der Waals surface area contributed by atoms with Crippen molar-refractivity contribution in [2.75, 3.05) is 6.54 Å². The number of nitrogens with two attached hydrogens (primary N) is 1. The van der Waals surface area contributed by atoms with E-state index < -0.39 is 6.04 Å². The average Bonchev–Trinajstić information content (AvgIpc) is 3.12. The van der Waals surface area contributed by atoms with E-state index in [1.54, 1.807) is 23.1 Å². The van der Waals surface area contributed by atoms with Crippen LogP contribution in [0.3, 0.4) is 0 Å². The number of hydrogen-bond acceptors (Lipinski definition) is 4. The summed E-state index contributed by atoms with van der Waals surface area (Å²) in [5.41, 5.74) is 7.84. The van der Waals surface area contributed by atoms with Gasteiger partial charge in [0.1, 0.15) is 11.6 Å². The summed E-state index contributed by atoms with van der Waals surface area (Å²) in [6.45, 7) is 1.68. The van der Waals surface area contributed by atoms with Crippen molar-refractivity contribution >= 4 is 5.91 Å². The van der Waals surface area contributed by atoms with E-state index in [1.165, 1.54) is 11.6 Å². The van der Waals surface area contributed by atoms with E-state index in [1.807, 2.05) is 18.2 Å². The topological polar surface area (TPSA) is 77.0 Å². The molecule has 0 bridgehead atoms. The Labute approximate surface area is 169 Å². The summed E-state index contributed by atoms with van der Waals surface area (Å²) in [4.78, 5) is 14.4. The lowest BCUT2D eigenvalue weighted by Gasteiger charge is -2.29. The predicted octanol–water partition coefficient (Wildman–Crippen LogP) is 2.31. The van der Waals surface area contributed by atoms with Gasteiger partial charge in [-0.05, 0) is 23.6 Å². The van der Waals surface area contributed by atoms with Crippen molar-refractivity contribution in [3.8, 4) is 0 Å². The molecule has 0 fully saturated rings. The molecule has 0 spiro atoms. The van der Waals surface area contributed by atoms with E-state index in [4.69, 9.17) is 5.73 Å². The third-order valence-corrected chi connectivity index (χ3v) is 5.26. The molecule has 0 aliphatic carbocycles. The van der Waals surface area contributed by atoms with Crippen LogP contribution in [-0.2, 0) is 30.7 Å². The summed E-state index contributed by atoms with van der Waals surface area (Å²) in [7, 11) is 0. The Bertz CT molecular complexity index is 988. The minimum Gasteiger partial charge on any atom is -0.333 e. The summed E-state index contributed by atoms with van der Waals surface area (Å²) in [5.74, 6) is 1.38. The first-order chi connectivity index (χ1) is 14.1. The van der Waals surface area contributed by atoms with Gasteiger partial charge in [-0.2, -0.15) is 0 Å². The number of aromatic nitrogens is 3. The van der Waals surface area contributed by atoms with E-state index in [0.717, 1.165) is 18.1 Å². The zero-order valence-electron chi connectivity index (χ0n) is 16.2. The van der Waals surface area contributed by atoms with Gasteiger partial charge in [0.05, 0.1) is 6.54 Å². The molecule has 1 aliphatic heterocycles. The van der Waals surface area contributed by atoms with Gasteiger partial charge in [-0.25, -0.2) is 4.39 Å². The highest BCUT2D eigenvalue weighted by atomic mass is 19.1. The molecule has 7 heteroatoms. The fourth-order valence-electron chi connectivity index (χ4n) is 3.71. The van der Waals surface area contributed by atoms with Gasteiger partial charge in [-0.3, -0.25) is 4.79 Å². The summed E-state index contributed by atoms with van der Waals surface area (Å²) in [5, 5.41) is 8.60. The SMILES string of the molecule is N[C@@H](CC(=O)N1CCn2c(Cc3ccccc3)nnc2C1)Cc1ccccc1F. The number of carbonyl (C=O) groups is 1. The van der Waals surface area contributed by atoms with Crippen molar-refractivity contribution in [2.45, 2.75) is 38.4 Å². The first-order valence-electron chi connectivity index (χ1n) is 9.82. The quantitative estimate of drug-likeness (QED) is 0.697. The molecule has 0 unspecified atom stereocenters. The van der Waals surface area contributed by atoms with Crippen molar-refractivity contribution in [3.63, 3.8) is 0 Å². The maximum Gasteiger partial charge on any atom is 0.224 e. The molecule has 1 atom stereocenters. The Hall–Kier alpha value is -3.06. The maximum absolute atomic E-state index is 13.8. The first-order valence-corrected chi connectivity index (χ1v) is 9.82. The van der Waals surface area contributed by atoms with Crippen LogP contribution in [0.15, 0.2) is 54.6 Å². The minimum atomic E-state index is -0.423. The van der Waals surface area contributed by atoms with E-state index in [2.05, 4.69) is 26.9 Å². The lowest BCUT2D eigenvalue weighted by atomic mass is 10.0. The number of nitrogens with zero attached hydrogens (tertiary/aromatic N) is 4. The number of fused-ring (bicyclic) bond motifs is 1. The molecule has 1 aromatic heterocycles. The molecule has 0 saturated carbocycles. The third kappa shape index (κ3) is 4.51. The molecular formula is C22H24FN5O. The fraction of sp³-hybridized carbons (Fsp3) is 0.318. The van der Waals surface area contributed by atoms with Crippen LogP contribution in [0.1, 0.15) is 29.2 Å². The number of benzene rings is 2. The Morgan fingerprint density at radius 3 is 2.62 bits per heavy atom. The van der Waals surface area contributed by atoms with E-state index in [9.17, 15) is 9.18 Å². The molecule has 150 valence electrons. The zero-order chi connectivity index (χ0) is 20.2. The van der Waals surface area contributed by atoms with Crippen molar-refractivity contribution in [2.24, 2.45) is 5.73 Å². The Morgan fingerprint density at radius 1 is 1.07 bits per heavy atom. The van der Waals surface area contributed by atoms with Crippen LogP contribution >= 0.6 is 0 Å². The van der Waals surface area contributed by atoms with Gasteiger partial charge in [0, 0.05) is 32.0 Å². The molecule has 2 aromatic carbocycles. The number of hydrogen-bond donors (Lipinski definition) is 1. The summed E-state index contributed by atoms with van der Waals surface area (Å²) in [6, 6.07) is 16.3. The molecule has 6 nitrogen and oxygen atoms in total. The van der Waals surface area contributed by atoms with Gasteiger partial charge in [0.25, 0.3) is 0 Å².